The van der Waals surface area contributed by atoms with E-state index in [1.165, 1.54) is 5.56 Å². The van der Waals surface area contributed by atoms with Crippen molar-refractivity contribution in [1.29, 1.82) is 0 Å². The minimum absolute atomic E-state index is 0.0613. The van der Waals surface area contributed by atoms with Crippen molar-refractivity contribution >= 4 is 5.91 Å². The lowest BCUT2D eigenvalue weighted by Gasteiger charge is -2.22. The largest absolute Gasteiger partial charge is 0.323 e. The Balaban J connectivity index is 1.71. The summed E-state index contributed by atoms with van der Waals surface area (Å²) in [6.45, 7) is 6.57. The zero-order valence-corrected chi connectivity index (χ0v) is 11.9. The van der Waals surface area contributed by atoms with Gasteiger partial charge in [0.25, 0.3) is 0 Å². The van der Waals surface area contributed by atoms with E-state index in [0.29, 0.717) is 11.5 Å². The Labute approximate surface area is 115 Å². The average molecular weight is 258 g/mol. The zero-order valence-electron chi connectivity index (χ0n) is 11.9. The highest BCUT2D eigenvalue weighted by Gasteiger charge is 2.55. The van der Waals surface area contributed by atoms with Crippen molar-refractivity contribution in [2.24, 2.45) is 5.41 Å². The number of hydrogen-bond acceptors (Lipinski definition) is 2. The number of hydrogen-bond donors (Lipinski definition) is 1. The normalized spacial score (nSPS) is 32.7. The van der Waals surface area contributed by atoms with Gasteiger partial charge in [-0.25, -0.2) is 0 Å². The van der Waals surface area contributed by atoms with E-state index in [1.807, 2.05) is 18.2 Å². The van der Waals surface area contributed by atoms with Crippen LogP contribution < -0.4 is 5.32 Å². The fourth-order valence-electron chi connectivity index (χ4n) is 3.15. The van der Waals surface area contributed by atoms with Crippen molar-refractivity contribution in [2.45, 2.75) is 51.9 Å². The summed E-state index contributed by atoms with van der Waals surface area (Å²) in [5.74, 6) is 0.270. The predicted octanol–water partition coefficient (Wildman–Crippen LogP) is 2.17. The Kier molecular flexibility index (Phi) is 2.90. The van der Waals surface area contributed by atoms with Crippen LogP contribution in [0.25, 0.3) is 0 Å². The molecule has 0 spiro atoms. The lowest BCUT2D eigenvalue weighted by molar-refractivity contribution is -0.130. The molecule has 0 radical (unpaired) electrons. The molecule has 1 saturated heterocycles. The first-order valence-electron chi connectivity index (χ1n) is 7.11. The highest BCUT2D eigenvalue weighted by atomic mass is 16.2. The van der Waals surface area contributed by atoms with Crippen LogP contribution in [0.1, 0.15) is 32.8 Å². The topological polar surface area (TPSA) is 32.3 Å². The van der Waals surface area contributed by atoms with Gasteiger partial charge in [-0.05, 0) is 30.7 Å². The summed E-state index contributed by atoms with van der Waals surface area (Å²) in [6, 6.07) is 10.6. The van der Waals surface area contributed by atoms with Crippen LogP contribution in [0.3, 0.4) is 0 Å². The number of nitrogens with one attached hydrogen (secondary N) is 1. The van der Waals surface area contributed by atoms with Crippen LogP contribution in [0.5, 0.6) is 0 Å². The highest BCUT2D eigenvalue weighted by molar-refractivity contribution is 5.85. The molecule has 19 heavy (non-hydrogen) atoms. The molecule has 102 valence electrons. The summed E-state index contributed by atoms with van der Waals surface area (Å²) in [7, 11) is 0. The van der Waals surface area contributed by atoms with Gasteiger partial charge in [-0.2, -0.15) is 0 Å². The standard InChI is InChI=1S/C16H22N2O/c1-11-17-13(9-12-7-5-4-6-8-12)15(19)18(11)14-10-16(14,2)3/h4-8,11,13-14,17H,9-10H2,1-3H3. The van der Waals surface area contributed by atoms with E-state index >= 15 is 0 Å². The molecule has 1 aliphatic carbocycles. The summed E-state index contributed by atoms with van der Waals surface area (Å²) in [5, 5.41) is 3.44. The van der Waals surface area contributed by atoms with Crippen LogP contribution in [0.4, 0.5) is 0 Å². The molecule has 1 aromatic carbocycles. The van der Waals surface area contributed by atoms with Crippen LogP contribution >= 0.6 is 0 Å². The van der Waals surface area contributed by atoms with Crippen molar-refractivity contribution < 1.29 is 4.79 Å². The van der Waals surface area contributed by atoms with Gasteiger partial charge in [0.05, 0.1) is 12.2 Å². The molecule has 1 aliphatic heterocycles. The van der Waals surface area contributed by atoms with E-state index < -0.39 is 0 Å². The SMILES string of the molecule is CC1NC(Cc2ccccc2)C(=O)N1C1CC1(C)C. The molecule has 3 heteroatoms. The second-order valence-electron chi connectivity index (χ2n) is 6.54. The van der Waals surface area contributed by atoms with Gasteiger partial charge in [0.1, 0.15) is 0 Å². The molecule has 1 N–H and O–H groups in total. The van der Waals surface area contributed by atoms with Gasteiger partial charge in [-0.15, -0.1) is 0 Å². The molecule has 0 bridgehead atoms. The number of amides is 1. The molecule has 1 heterocycles. The minimum Gasteiger partial charge on any atom is -0.323 e. The van der Waals surface area contributed by atoms with Gasteiger partial charge in [0, 0.05) is 6.04 Å². The molecule has 2 aliphatic rings. The second-order valence-corrected chi connectivity index (χ2v) is 6.54. The molecule has 1 aromatic rings. The Morgan fingerprint density at radius 1 is 1.32 bits per heavy atom. The van der Waals surface area contributed by atoms with E-state index in [2.05, 4.69) is 43.1 Å². The van der Waals surface area contributed by atoms with Crippen LogP contribution in [0.2, 0.25) is 0 Å². The summed E-state index contributed by atoms with van der Waals surface area (Å²) in [5.41, 5.74) is 1.52. The third kappa shape index (κ3) is 2.27. The van der Waals surface area contributed by atoms with Crippen molar-refractivity contribution in [3.63, 3.8) is 0 Å². The maximum Gasteiger partial charge on any atom is 0.241 e. The molecular weight excluding hydrogens is 236 g/mol. The van der Waals surface area contributed by atoms with Crippen LogP contribution in [0.15, 0.2) is 30.3 Å². The molecule has 1 saturated carbocycles. The van der Waals surface area contributed by atoms with Crippen LogP contribution in [-0.4, -0.2) is 29.1 Å². The average Bonchev–Trinajstić information content (AvgIpc) is 2.88. The van der Waals surface area contributed by atoms with E-state index in [4.69, 9.17) is 0 Å². The Morgan fingerprint density at radius 3 is 2.53 bits per heavy atom. The Morgan fingerprint density at radius 2 is 1.95 bits per heavy atom. The number of rotatable bonds is 3. The van der Waals surface area contributed by atoms with Crippen molar-refractivity contribution in [3.8, 4) is 0 Å². The van der Waals surface area contributed by atoms with Crippen molar-refractivity contribution in [3.05, 3.63) is 35.9 Å². The Hall–Kier alpha value is -1.35. The van der Waals surface area contributed by atoms with Crippen molar-refractivity contribution in [2.75, 3.05) is 0 Å². The van der Waals surface area contributed by atoms with E-state index in [0.717, 1.165) is 12.8 Å². The summed E-state index contributed by atoms with van der Waals surface area (Å²) >= 11 is 0. The van der Waals surface area contributed by atoms with Crippen molar-refractivity contribution in [1.82, 2.24) is 10.2 Å². The first-order chi connectivity index (χ1) is 8.99. The van der Waals surface area contributed by atoms with Gasteiger partial charge in [0.15, 0.2) is 0 Å². The van der Waals surface area contributed by atoms with E-state index in [9.17, 15) is 4.79 Å². The van der Waals surface area contributed by atoms with Gasteiger partial charge in [0.2, 0.25) is 5.91 Å². The van der Waals surface area contributed by atoms with Gasteiger partial charge < -0.3 is 4.90 Å². The molecular formula is C16H22N2O. The zero-order chi connectivity index (χ0) is 13.6. The third-order valence-corrected chi connectivity index (χ3v) is 4.49. The minimum atomic E-state index is -0.0613. The molecule has 0 aromatic heterocycles. The second kappa shape index (κ2) is 4.34. The lowest BCUT2D eigenvalue weighted by Crippen LogP contribution is -2.38. The molecule has 1 amide bonds. The maximum absolute atomic E-state index is 12.6. The quantitative estimate of drug-likeness (QED) is 0.901. The molecule has 3 nitrogen and oxygen atoms in total. The van der Waals surface area contributed by atoms with Gasteiger partial charge >= 0.3 is 0 Å². The predicted molar refractivity (Wildman–Crippen MR) is 75.6 cm³/mol. The first kappa shape index (κ1) is 12.7. The molecule has 2 fully saturated rings. The third-order valence-electron chi connectivity index (χ3n) is 4.49. The monoisotopic (exact) mass is 258 g/mol. The van der Waals surface area contributed by atoms with Crippen LogP contribution in [-0.2, 0) is 11.2 Å². The molecule has 3 rings (SSSR count). The summed E-state index contributed by atoms with van der Waals surface area (Å²) in [6.07, 6.45) is 2.07. The molecule has 3 atom stereocenters. The van der Waals surface area contributed by atoms with Crippen LogP contribution in [0, 0.1) is 5.41 Å². The smallest absolute Gasteiger partial charge is 0.241 e. The summed E-state index contributed by atoms with van der Waals surface area (Å²) < 4.78 is 0. The highest BCUT2D eigenvalue weighted by Crippen LogP contribution is 2.50. The number of nitrogens with zero attached hydrogens (tertiary/aromatic N) is 1. The summed E-state index contributed by atoms with van der Waals surface area (Å²) in [4.78, 5) is 14.6. The fourth-order valence-corrected chi connectivity index (χ4v) is 3.15. The fraction of sp³-hybridized carbons (Fsp3) is 0.562. The van der Waals surface area contributed by atoms with E-state index in [-0.39, 0.29) is 18.1 Å². The van der Waals surface area contributed by atoms with Gasteiger partial charge in [-0.3, -0.25) is 10.1 Å². The van der Waals surface area contributed by atoms with E-state index in [1.54, 1.807) is 0 Å². The van der Waals surface area contributed by atoms with Gasteiger partial charge in [-0.1, -0.05) is 44.2 Å². The number of benzene rings is 1. The first-order valence-corrected chi connectivity index (χ1v) is 7.11. The molecule has 3 unspecified atom stereocenters. The number of carbonyl (C=O) groups excluding carboxylic acids is 1. The Bertz CT molecular complexity index is 483. The lowest BCUT2D eigenvalue weighted by atomic mass is 10.1. The number of carbonyl (C=O) groups is 1. The maximum atomic E-state index is 12.6.